The van der Waals surface area contributed by atoms with E-state index in [0.29, 0.717) is 11.6 Å². The largest absolute Gasteiger partial charge is 0.480 e. The maximum absolute atomic E-state index is 5.72. The van der Waals surface area contributed by atoms with Gasteiger partial charge in [-0.3, -0.25) is 0 Å². The van der Waals surface area contributed by atoms with Crippen molar-refractivity contribution >= 4 is 5.69 Å². The molecule has 0 aliphatic carbocycles. The summed E-state index contributed by atoms with van der Waals surface area (Å²) in [4.78, 5) is 4.35. The molecule has 0 radical (unpaired) electrons. The zero-order valence-corrected chi connectivity index (χ0v) is 9.40. The van der Waals surface area contributed by atoms with E-state index < -0.39 is 0 Å². The highest BCUT2D eigenvalue weighted by molar-refractivity contribution is 5.64. The molecule has 2 N–H and O–H groups in total. The second-order valence-electron chi connectivity index (χ2n) is 3.66. The highest BCUT2D eigenvalue weighted by atomic mass is 16.5. The summed E-state index contributed by atoms with van der Waals surface area (Å²) in [5, 5.41) is 0. The first-order valence-electron chi connectivity index (χ1n) is 5.08. The predicted octanol–water partition coefficient (Wildman–Crippen LogP) is 2.65. The van der Waals surface area contributed by atoms with Crippen molar-refractivity contribution in [3.05, 3.63) is 42.0 Å². The van der Waals surface area contributed by atoms with Crippen molar-refractivity contribution < 1.29 is 4.74 Å². The molecule has 0 bridgehead atoms. The standard InChI is InChI=1S/C13H14N2O/c1-9-4-3-5-10(8-9)12-7-6-11(14)13(15-12)16-2/h3-8H,14H2,1-2H3. The number of rotatable bonds is 2. The van der Waals surface area contributed by atoms with Gasteiger partial charge >= 0.3 is 0 Å². The number of benzene rings is 1. The summed E-state index contributed by atoms with van der Waals surface area (Å²) >= 11 is 0. The molecule has 0 amide bonds. The summed E-state index contributed by atoms with van der Waals surface area (Å²) in [6, 6.07) is 11.9. The molecular formula is C13H14N2O. The van der Waals surface area contributed by atoms with Crippen LogP contribution in [0.4, 0.5) is 5.69 Å². The first-order valence-corrected chi connectivity index (χ1v) is 5.08. The Hall–Kier alpha value is -2.03. The number of aromatic nitrogens is 1. The van der Waals surface area contributed by atoms with Crippen LogP contribution in [0.2, 0.25) is 0 Å². The van der Waals surface area contributed by atoms with Crippen molar-refractivity contribution in [3.63, 3.8) is 0 Å². The molecule has 0 spiro atoms. The minimum atomic E-state index is 0.471. The van der Waals surface area contributed by atoms with Gasteiger partial charge in [0.2, 0.25) is 5.88 Å². The molecule has 0 aliphatic heterocycles. The van der Waals surface area contributed by atoms with E-state index in [-0.39, 0.29) is 0 Å². The Balaban J connectivity index is 2.48. The van der Waals surface area contributed by atoms with E-state index in [2.05, 4.69) is 24.0 Å². The summed E-state index contributed by atoms with van der Waals surface area (Å²) in [7, 11) is 1.57. The lowest BCUT2D eigenvalue weighted by Crippen LogP contribution is -1.96. The molecule has 2 rings (SSSR count). The van der Waals surface area contributed by atoms with Crippen LogP contribution >= 0.6 is 0 Å². The van der Waals surface area contributed by atoms with Gasteiger partial charge in [0, 0.05) is 5.56 Å². The number of aryl methyl sites for hydroxylation is 1. The molecule has 0 fully saturated rings. The highest BCUT2D eigenvalue weighted by Gasteiger charge is 2.04. The third kappa shape index (κ3) is 1.98. The van der Waals surface area contributed by atoms with E-state index in [0.717, 1.165) is 11.3 Å². The van der Waals surface area contributed by atoms with Gasteiger partial charge in [0.15, 0.2) is 0 Å². The van der Waals surface area contributed by atoms with E-state index in [1.807, 2.05) is 24.3 Å². The minimum absolute atomic E-state index is 0.471. The number of nitrogens with two attached hydrogens (primary N) is 1. The fourth-order valence-electron chi connectivity index (χ4n) is 1.58. The number of nitrogens with zero attached hydrogens (tertiary/aromatic N) is 1. The molecule has 3 nitrogen and oxygen atoms in total. The third-order valence-corrected chi connectivity index (χ3v) is 2.40. The molecule has 0 unspecified atom stereocenters. The van der Waals surface area contributed by atoms with E-state index in [1.165, 1.54) is 5.56 Å². The van der Waals surface area contributed by atoms with Gasteiger partial charge in [0.25, 0.3) is 0 Å². The molecule has 1 aromatic carbocycles. The van der Waals surface area contributed by atoms with Crippen molar-refractivity contribution in [1.82, 2.24) is 4.98 Å². The molecule has 1 aromatic heterocycles. The lowest BCUT2D eigenvalue weighted by atomic mass is 10.1. The smallest absolute Gasteiger partial charge is 0.237 e. The normalized spacial score (nSPS) is 10.1. The van der Waals surface area contributed by atoms with E-state index in [9.17, 15) is 0 Å². The fourth-order valence-corrected chi connectivity index (χ4v) is 1.58. The molecule has 82 valence electrons. The number of anilines is 1. The zero-order valence-electron chi connectivity index (χ0n) is 9.40. The molecule has 16 heavy (non-hydrogen) atoms. The van der Waals surface area contributed by atoms with Crippen LogP contribution in [-0.2, 0) is 0 Å². The van der Waals surface area contributed by atoms with E-state index in [4.69, 9.17) is 10.5 Å². The zero-order chi connectivity index (χ0) is 11.5. The van der Waals surface area contributed by atoms with Crippen LogP contribution < -0.4 is 10.5 Å². The van der Waals surface area contributed by atoms with Crippen molar-refractivity contribution in [2.75, 3.05) is 12.8 Å². The van der Waals surface area contributed by atoms with E-state index in [1.54, 1.807) is 7.11 Å². The van der Waals surface area contributed by atoms with Gasteiger partial charge in [-0.15, -0.1) is 0 Å². The summed E-state index contributed by atoms with van der Waals surface area (Å²) < 4.78 is 5.10. The van der Waals surface area contributed by atoms with Crippen LogP contribution in [0.15, 0.2) is 36.4 Å². The Labute approximate surface area is 94.9 Å². The van der Waals surface area contributed by atoms with Crippen LogP contribution in [0.5, 0.6) is 5.88 Å². The van der Waals surface area contributed by atoms with Gasteiger partial charge in [-0.1, -0.05) is 23.8 Å². The monoisotopic (exact) mass is 214 g/mol. The van der Waals surface area contributed by atoms with Crippen LogP contribution in [0.25, 0.3) is 11.3 Å². The lowest BCUT2D eigenvalue weighted by Gasteiger charge is -2.06. The summed E-state index contributed by atoms with van der Waals surface area (Å²) in [6.45, 7) is 2.05. The Morgan fingerprint density at radius 2 is 2.00 bits per heavy atom. The lowest BCUT2D eigenvalue weighted by molar-refractivity contribution is 0.401. The second-order valence-corrected chi connectivity index (χ2v) is 3.66. The average molecular weight is 214 g/mol. The average Bonchev–Trinajstić information content (AvgIpc) is 2.29. The number of methoxy groups -OCH3 is 1. The predicted molar refractivity (Wildman–Crippen MR) is 65.4 cm³/mol. The van der Waals surface area contributed by atoms with Crippen molar-refractivity contribution in [2.45, 2.75) is 6.92 Å². The van der Waals surface area contributed by atoms with Crippen molar-refractivity contribution in [2.24, 2.45) is 0 Å². The first-order chi connectivity index (χ1) is 7.70. The molecule has 2 aromatic rings. The Morgan fingerprint density at radius 3 is 2.69 bits per heavy atom. The van der Waals surface area contributed by atoms with Crippen molar-refractivity contribution in [1.29, 1.82) is 0 Å². The summed E-state index contributed by atoms with van der Waals surface area (Å²) in [5.74, 6) is 0.471. The fraction of sp³-hybridized carbons (Fsp3) is 0.154. The van der Waals surface area contributed by atoms with Crippen LogP contribution in [0.1, 0.15) is 5.56 Å². The number of nitrogen functional groups attached to an aromatic ring is 1. The molecule has 1 heterocycles. The first kappa shape index (κ1) is 10.5. The second kappa shape index (κ2) is 4.23. The Kier molecular flexibility index (Phi) is 2.77. The third-order valence-electron chi connectivity index (χ3n) is 2.40. The van der Waals surface area contributed by atoms with Crippen LogP contribution in [0, 0.1) is 6.92 Å². The van der Waals surface area contributed by atoms with Gasteiger partial charge < -0.3 is 10.5 Å². The number of hydrogen-bond acceptors (Lipinski definition) is 3. The molecule has 0 aliphatic rings. The molecule has 0 atom stereocenters. The van der Waals surface area contributed by atoms with Crippen LogP contribution in [-0.4, -0.2) is 12.1 Å². The SMILES string of the molecule is COc1nc(-c2cccc(C)c2)ccc1N. The van der Waals surface area contributed by atoms with Gasteiger partial charge in [-0.2, -0.15) is 0 Å². The highest BCUT2D eigenvalue weighted by Crippen LogP contribution is 2.24. The van der Waals surface area contributed by atoms with Gasteiger partial charge in [0.1, 0.15) is 0 Å². The summed E-state index contributed by atoms with van der Waals surface area (Å²) in [5.41, 5.74) is 9.42. The van der Waals surface area contributed by atoms with Gasteiger partial charge in [0.05, 0.1) is 18.5 Å². The minimum Gasteiger partial charge on any atom is -0.480 e. The quantitative estimate of drug-likeness (QED) is 0.836. The number of pyridine rings is 1. The topological polar surface area (TPSA) is 48.1 Å². The molecule has 0 saturated heterocycles. The molecule has 3 heteroatoms. The van der Waals surface area contributed by atoms with E-state index >= 15 is 0 Å². The maximum atomic E-state index is 5.72. The maximum Gasteiger partial charge on any atom is 0.237 e. The Bertz CT molecular complexity index is 509. The molecule has 0 saturated carbocycles. The van der Waals surface area contributed by atoms with Crippen molar-refractivity contribution in [3.8, 4) is 17.1 Å². The Morgan fingerprint density at radius 1 is 1.19 bits per heavy atom. The number of hydrogen-bond donors (Lipinski definition) is 1. The van der Waals surface area contributed by atoms with Gasteiger partial charge in [-0.05, 0) is 25.1 Å². The molecular weight excluding hydrogens is 200 g/mol. The van der Waals surface area contributed by atoms with Crippen LogP contribution in [0.3, 0.4) is 0 Å². The van der Waals surface area contributed by atoms with Gasteiger partial charge in [-0.25, -0.2) is 4.98 Å². The number of ether oxygens (including phenoxy) is 1. The summed E-state index contributed by atoms with van der Waals surface area (Å²) in [6.07, 6.45) is 0.